The molecule has 0 rings (SSSR count). The molecule has 13 heavy (non-hydrogen) atoms. The second-order valence-corrected chi connectivity index (χ2v) is 4.93. The van der Waals surface area contributed by atoms with Crippen molar-refractivity contribution in [3.05, 3.63) is 0 Å². The van der Waals surface area contributed by atoms with E-state index in [1.165, 1.54) is 6.54 Å². The van der Waals surface area contributed by atoms with Crippen molar-refractivity contribution in [2.45, 2.75) is 19.9 Å². The standard InChI is InChI=1S/C10H26N3/c1-10(2)12(7-6-11)8-9-13(3,4)5/h10H,6-9,11H2,1-5H3/q+1. The van der Waals surface area contributed by atoms with Gasteiger partial charge in [0.05, 0.1) is 27.7 Å². The highest BCUT2D eigenvalue weighted by molar-refractivity contribution is 4.62. The maximum atomic E-state index is 5.56. The number of hydrogen-bond donors (Lipinski definition) is 1. The second kappa shape index (κ2) is 5.58. The van der Waals surface area contributed by atoms with E-state index in [2.05, 4.69) is 39.9 Å². The molecule has 2 N–H and O–H groups in total. The van der Waals surface area contributed by atoms with E-state index in [4.69, 9.17) is 5.73 Å². The predicted molar refractivity (Wildman–Crippen MR) is 58.7 cm³/mol. The first-order chi connectivity index (χ1) is 5.87. The molecule has 0 aliphatic rings. The van der Waals surface area contributed by atoms with Crippen LogP contribution >= 0.6 is 0 Å². The van der Waals surface area contributed by atoms with E-state index in [-0.39, 0.29) is 0 Å². The summed E-state index contributed by atoms with van der Waals surface area (Å²) in [6.45, 7) is 8.54. The highest BCUT2D eigenvalue weighted by Gasteiger charge is 2.13. The summed E-state index contributed by atoms with van der Waals surface area (Å²) in [5.74, 6) is 0. The van der Waals surface area contributed by atoms with Crippen LogP contribution in [0.1, 0.15) is 13.8 Å². The number of likely N-dealkylation sites (N-methyl/N-ethyl adjacent to an activating group) is 1. The SMILES string of the molecule is CC(C)N(CCN)CC[N+](C)(C)C. The number of nitrogens with zero attached hydrogens (tertiary/aromatic N) is 2. The van der Waals surface area contributed by atoms with Gasteiger partial charge in [0.2, 0.25) is 0 Å². The van der Waals surface area contributed by atoms with Crippen LogP contribution in [0.4, 0.5) is 0 Å². The minimum Gasteiger partial charge on any atom is -0.330 e. The fourth-order valence-electron chi connectivity index (χ4n) is 1.22. The Bertz CT molecular complexity index is 127. The van der Waals surface area contributed by atoms with Crippen molar-refractivity contribution in [3.8, 4) is 0 Å². The van der Waals surface area contributed by atoms with Gasteiger partial charge in [0.1, 0.15) is 0 Å². The maximum absolute atomic E-state index is 5.56. The molecule has 3 nitrogen and oxygen atoms in total. The summed E-state index contributed by atoms with van der Waals surface area (Å²) in [7, 11) is 6.67. The Kier molecular flexibility index (Phi) is 5.53. The van der Waals surface area contributed by atoms with Crippen molar-refractivity contribution in [3.63, 3.8) is 0 Å². The molecule has 0 aliphatic heterocycles. The Morgan fingerprint density at radius 1 is 1.15 bits per heavy atom. The normalized spacial score (nSPS) is 12.9. The van der Waals surface area contributed by atoms with E-state index in [1.807, 2.05) is 0 Å². The molecular weight excluding hydrogens is 162 g/mol. The minimum atomic E-state index is 0.607. The van der Waals surface area contributed by atoms with Crippen LogP contribution in [0.3, 0.4) is 0 Å². The van der Waals surface area contributed by atoms with E-state index >= 15 is 0 Å². The van der Waals surface area contributed by atoms with Crippen LogP contribution in [0.15, 0.2) is 0 Å². The largest absolute Gasteiger partial charge is 0.330 e. The molecule has 0 aliphatic carbocycles. The third-order valence-electron chi connectivity index (χ3n) is 2.20. The van der Waals surface area contributed by atoms with Crippen LogP contribution in [0, 0.1) is 0 Å². The predicted octanol–water partition coefficient (Wildman–Crippen LogP) is 0.362. The molecule has 0 amide bonds. The van der Waals surface area contributed by atoms with Gasteiger partial charge in [-0.15, -0.1) is 0 Å². The lowest BCUT2D eigenvalue weighted by molar-refractivity contribution is -0.869. The number of rotatable bonds is 6. The lowest BCUT2D eigenvalue weighted by Crippen LogP contribution is -2.45. The van der Waals surface area contributed by atoms with Gasteiger partial charge in [-0.05, 0) is 13.8 Å². The molecule has 0 aromatic rings. The topological polar surface area (TPSA) is 29.3 Å². The average Bonchev–Trinajstić information content (AvgIpc) is 1.95. The Morgan fingerprint density at radius 2 is 1.69 bits per heavy atom. The van der Waals surface area contributed by atoms with Crippen molar-refractivity contribution in [2.24, 2.45) is 5.73 Å². The molecule has 0 aromatic carbocycles. The van der Waals surface area contributed by atoms with Crippen LogP contribution < -0.4 is 5.73 Å². The molecule has 80 valence electrons. The Balaban J connectivity index is 3.82. The summed E-state index contributed by atoms with van der Waals surface area (Å²) in [6.07, 6.45) is 0. The van der Waals surface area contributed by atoms with Gasteiger partial charge in [-0.1, -0.05) is 0 Å². The van der Waals surface area contributed by atoms with Gasteiger partial charge in [0.25, 0.3) is 0 Å². The summed E-state index contributed by atoms with van der Waals surface area (Å²) in [6, 6.07) is 0.607. The minimum absolute atomic E-state index is 0.607. The summed E-state index contributed by atoms with van der Waals surface area (Å²) in [5, 5.41) is 0. The second-order valence-electron chi connectivity index (χ2n) is 4.93. The van der Waals surface area contributed by atoms with Crippen LogP contribution in [0.25, 0.3) is 0 Å². The quantitative estimate of drug-likeness (QED) is 0.610. The molecule has 0 saturated heterocycles. The van der Waals surface area contributed by atoms with Gasteiger partial charge in [0, 0.05) is 25.7 Å². The van der Waals surface area contributed by atoms with Crippen LogP contribution in [0.5, 0.6) is 0 Å². The Labute approximate surface area is 83.1 Å². The molecule has 0 bridgehead atoms. The summed E-state index contributed by atoms with van der Waals surface area (Å²) < 4.78 is 1.02. The first-order valence-corrected chi connectivity index (χ1v) is 5.11. The lowest BCUT2D eigenvalue weighted by Gasteiger charge is -2.30. The van der Waals surface area contributed by atoms with Gasteiger partial charge in [-0.3, -0.25) is 4.90 Å². The fourth-order valence-corrected chi connectivity index (χ4v) is 1.22. The zero-order chi connectivity index (χ0) is 10.5. The summed E-state index contributed by atoms with van der Waals surface area (Å²) in [5.41, 5.74) is 5.56. The first kappa shape index (κ1) is 12.9. The highest BCUT2D eigenvalue weighted by atomic mass is 15.3. The summed E-state index contributed by atoms with van der Waals surface area (Å²) in [4.78, 5) is 2.43. The van der Waals surface area contributed by atoms with E-state index in [1.54, 1.807) is 0 Å². The van der Waals surface area contributed by atoms with Crippen molar-refractivity contribution in [1.82, 2.24) is 4.90 Å². The fraction of sp³-hybridized carbons (Fsp3) is 1.00. The summed E-state index contributed by atoms with van der Waals surface area (Å²) >= 11 is 0. The lowest BCUT2D eigenvalue weighted by atomic mass is 10.3. The van der Waals surface area contributed by atoms with Gasteiger partial charge < -0.3 is 10.2 Å². The molecule has 0 atom stereocenters. The van der Waals surface area contributed by atoms with Crippen molar-refractivity contribution in [1.29, 1.82) is 0 Å². The van der Waals surface area contributed by atoms with E-state index in [0.717, 1.165) is 24.1 Å². The monoisotopic (exact) mass is 188 g/mol. The molecule has 0 heterocycles. The van der Waals surface area contributed by atoms with Crippen molar-refractivity contribution < 1.29 is 4.48 Å². The number of hydrogen-bond acceptors (Lipinski definition) is 2. The van der Waals surface area contributed by atoms with E-state index in [0.29, 0.717) is 6.04 Å². The third-order valence-corrected chi connectivity index (χ3v) is 2.20. The molecule has 0 unspecified atom stereocenters. The van der Waals surface area contributed by atoms with Gasteiger partial charge in [0.15, 0.2) is 0 Å². The number of quaternary nitrogens is 1. The molecule has 0 aromatic heterocycles. The van der Waals surface area contributed by atoms with Gasteiger partial charge >= 0.3 is 0 Å². The van der Waals surface area contributed by atoms with Gasteiger partial charge in [-0.2, -0.15) is 0 Å². The van der Waals surface area contributed by atoms with Crippen LogP contribution in [-0.2, 0) is 0 Å². The molecule has 0 radical (unpaired) electrons. The smallest absolute Gasteiger partial charge is 0.0909 e. The van der Waals surface area contributed by atoms with Crippen LogP contribution in [-0.4, -0.2) is 62.7 Å². The zero-order valence-electron chi connectivity index (χ0n) is 9.88. The van der Waals surface area contributed by atoms with E-state index in [9.17, 15) is 0 Å². The molecule has 0 saturated carbocycles. The molecule has 0 fully saturated rings. The van der Waals surface area contributed by atoms with Gasteiger partial charge in [-0.25, -0.2) is 0 Å². The Hall–Kier alpha value is -0.120. The Morgan fingerprint density at radius 3 is 2.00 bits per heavy atom. The molecule has 0 spiro atoms. The maximum Gasteiger partial charge on any atom is 0.0909 e. The van der Waals surface area contributed by atoms with Crippen LogP contribution in [0.2, 0.25) is 0 Å². The average molecular weight is 188 g/mol. The molecular formula is C10H26N3+. The van der Waals surface area contributed by atoms with E-state index < -0.39 is 0 Å². The third kappa shape index (κ3) is 6.99. The molecule has 3 heteroatoms. The van der Waals surface area contributed by atoms with Crippen molar-refractivity contribution in [2.75, 3.05) is 47.3 Å². The van der Waals surface area contributed by atoms with Crippen molar-refractivity contribution >= 4 is 0 Å². The highest BCUT2D eigenvalue weighted by Crippen LogP contribution is 1.99. The zero-order valence-corrected chi connectivity index (χ0v) is 9.88. The first-order valence-electron chi connectivity index (χ1n) is 5.11. The number of nitrogens with two attached hydrogens (primary N) is 1.